The first-order valence-electron chi connectivity index (χ1n) is 9.78. The number of para-hydroxylation sites is 1. The Morgan fingerprint density at radius 2 is 1.71 bits per heavy atom. The van der Waals surface area contributed by atoms with E-state index in [2.05, 4.69) is 15.2 Å². The molecule has 0 unspecified atom stereocenters. The molecule has 4 aromatic rings. The molecule has 0 amide bonds. The van der Waals surface area contributed by atoms with Crippen LogP contribution in [-0.4, -0.2) is 10.1 Å². The molecular formula is C24H18ClN3OS2. The van der Waals surface area contributed by atoms with E-state index in [1.54, 1.807) is 18.0 Å². The fourth-order valence-electron chi connectivity index (χ4n) is 3.68. The number of nitrogens with zero attached hydrogens (tertiary/aromatic N) is 2. The molecule has 2 atom stereocenters. The zero-order chi connectivity index (χ0) is 21.2. The Bertz CT molecular complexity index is 1180. The number of pyridine rings is 1. The van der Waals surface area contributed by atoms with Gasteiger partial charge in [0, 0.05) is 21.8 Å². The SMILES string of the molecule is S=C1N[C@@H](c2ccccn2)[C@@H](c2ccc(Sc3ccc(Cl)cc3)o2)N1c1ccccc1. The summed E-state index contributed by atoms with van der Waals surface area (Å²) in [5.74, 6) is 0.823. The summed E-state index contributed by atoms with van der Waals surface area (Å²) in [4.78, 5) is 7.74. The number of halogens is 1. The van der Waals surface area contributed by atoms with Crippen molar-refractivity contribution in [1.82, 2.24) is 10.3 Å². The third-order valence-electron chi connectivity index (χ3n) is 5.06. The normalized spacial score (nSPS) is 18.2. The molecule has 0 radical (unpaired) electrons. The monoisotopic (exact) mass is 463 g/mol. The first-order chi connectivity index (χ1) is 15.2. The number of furan rings is 1. The molecule has 0 spiro atoms. The predicted molar refractivity (Wildman–Crippen MR) is 129 cm³/mol. The maximum Gasteiger partial charge on any atom is 0.174 e. The number of thiocarbonyl (C=S) groups is 1. The smallest absolute Gasteiger partial charge is 0.174 e. The minimum absolute atomic E-state index is 0.131. The summed E-state index contributed by atoms with van der Waals surface area (Å²) in [6, 6.07) is 27.4. The molecule has 1 N–H and O–H groups in total. The largest absolute Gasteiger partial charge is 0.452 e. The van der Waals surface area contributed by atoms with Crippen molar-refractivity contribution in [3.8, 4) is 0 Å². The summed E-state index contributed by atoms with van der Waals surface area (Å²) < 4.78 is 6.31. The highest BCUT2D eigenvalue weighted by molar-refractivity contribution is 7.99. The maximum atomic E-state index is 6.31. The van der Waals surface area contributed by atoms with Crippen molar-refractivity contribution in [2.45, 2.75) is 22.1 Å². The van der Waals surface area contributed by atoms with Crippen molar-refractivity contribution in [3.05, 3.63) is 108 Å². The van der Waals surface area contributed by atoms with Gasteiger partial charge in [-0.3, -0.25) is 4.98 Å². The van der Waals surface area contributed by atoms with E-state index in [1.807, 2.05) is 84.9 Å². The van der Waals surface area contributed by atoms with Crippen LogP contribution in [0.25, 0.3) is 0 Å². The fraction of sp³-hybridized carbons (Fsp3) is 0.0833. The van der Waals surface area contributed by atoms with Crippen molar-refractivity contribution in [2.75, 3.05) is 4.90 Å². The van der Waals surface area contributed by atoms with Crippen LogP contribution < -0.4 is 10.2 Å². The second kappa shape index (κ2) is 8.75. The second-order valence-corrected chi connectivity index (χ2v) is 8.95. The zero-order valence-electron chi connectivity index (χ0n) is 16.3. The van der Waals surface area contributed by atoms with Gasteiger partial charge in [-0.25, -0.2) is 0 Å². The molecule has 7 heteroatoms. The van der Waals surface area contributed by atoms with Gasteiger partial charge in [-0.05, 0) is 72.9 Å². The van der Waals surface area contributed by atoms with E-state index >= 15 is 0 Å². The van der Waals surface area contributed by atoms with Gasteiger partial charge in [-0.1, -0.05) is 47.6 Å². The van der Waals surface area contributed by atoms with Gasteiger partial charge in [0.15, 0.2) is 10.2 Å². The van der Waals surface area contributed by atoms with Crippen molar-refractivity contribution >= 4 is 46.4 Å². The molecule has 0 bridgehead atoms. The Morgan fingerprint density at radius 3 is 2.45 bits per heavy atom. The van der Waals surface area contributed by atoms with Gasteiger partial charge in [0.2, 0.25) is 0 Å². The quantitative estimate of drug-likeness (QED) is 0.334. The number of benzene rings is 2. The Kier molecular flexibility index (Phi) is 5.68. The summed E-state index contributed by atoms with van der Waals surface area (Å²) in [5.41, 5.74) is 1.92. The number of nitrogens with one attached hydrogen (secondary N) is 1. The lowest BCUT2D eigenvalue weighted by Crippen LogP contribution is -2.29. The lowest BCUT2D eigenvalue weighted by Gasteiger charge is -2.26. The number of aromatic nitrogens is 1. The Hall–Kier alpha value is -2.80. The first-order valence-corrected chi connectivity index (χ1v) is 11.4. The highest BCUT2D eigenvalue weighted by Crippen LogP contribution is 2.43. The van der Waals surface area contributed by atoms with Crippen molar-refractivity contribution in [1.29, 1.82) is 0 Å². The molecule has 5 rings (SSSR count). The Morgan fingerprint density at radius 1 is 0.935 bits per heavy atom. The number of rotatable bonds is 5. The summed E-state index contributed by atoms with van der Waals surface area (Å²) in [7, 11) is 0. The first kappa shape index (κ1) is 20.1. The van der Waals surface area contributed by atoms with Crippen LogP contribution in [0, 0.1) is 0 Å². The van der Waals surface area contributed by atoms with Crippen molar-refractivity contribution < 1.29 is 4.42 Å². The van der Waals surface area contributed by atoms with Crippen LogP contribution in [-0.2, 0) is 0 Å². The molecule has 154 valence electrons. The van der Waals surface area contributed by atoms with E-state index in [4.69, 9.17) is 28.2 Å². The summed E-state index contributed by atoms with van der Waals surface area (Å²) >= 11 is 13.3. The molecule has 0 saturated carbocycles. The van der Waals surface area contributed by atoms with Crippen LogP contribution in [0.3, 0.4) is 0 Å². The van der Waals surface area contributed by atoms with Gasteiger partial charge in [-0.15, -0.1) is 0 Å². The van der Waals surface area contributed by atoms with Gasteiger partial charge < -0.3 is 14.6 Å². The summed E-state index contributed by atoms with van der Waals surface area (Å²) in [6.07, 6.45) is 1.80. The highest BCUT2D eigenvalue weighted by Gasteiger charge is 2.42. The minimum Gasteiger partial charge on any atom is -0.452 e. The van der Waals surface area contributed by atoms with Gasteiger partial charge in [0.25, 0.3) is 0 Å². The third kappa shape index (κ3) is 4.19. The number of hydrogen-bond acceptors (Lipinski definition) is 4. The molecule has 2 aromatic carbocycles. The van der Waals surface area contributed by atoms with Crippen molar-refractivity contribution in [3.63, 3.8) is 0 Å². The maximum absolute atomic E-state index is 6.31. The minimum atomic E-state index is -0.163. The van der Waals surface area contributed by atoms with E-state index in [1.165, 1.54) is 0 Å². The van der Waals surface area contributed by atoms with Crippen LogP contribution in [0.4, 0.5) is 5.69 Å². The average molecular weight is 464 g/mol. The molecule has 2 aromatic heterocycles. The predicted octanol–water partition coefficient (Wildman–Crippen LogP) is 6.66. The summed E-state index contributed by atoms with van der Waals surface area (Å²) in [6.45, 7) is 0. The fourth-order valence-corrected chi connectivity index (χ4v) is 4.93. The molecule has 31 heavy (non-hydrogen) atoms. The molecule has 0 aliphatic carbocycles. The number of anilines is 1. The average Bonchev–Trinajstić information content (AvgIpc) is 3.40. The molecule has 1 aliphatic rings. The standard InChI is InChI=1S/C24H18ClN3OS2/c25-16-9-11-18(12-10-16)31-21-14-13-20(29-21)23-22(19-8-4-5-15-26-19)27-24(30)28(23)17-6-2-1-3-7-17/h1-15,22-23H,(H,27,30)/t22-,23+/m0/s1. The van der Waals surface area contributed by atoms with Crippen LogP contribution in [0.5, 0.6) is 0 Å². The van der Waals surface area contributed by atoms with Crippen LogP contribution in [0.1, 0.15) is 23.5 Å². The molecule has 1 saturated heterocycles. The molecule has 1 fully saturated rings. The summed E-state index contributed by atoms with van der Waals surface area (Å²) in [5, 5.41) is 5.62. The lowest BCUT2D eigenvalue weighted by molar-refractivity contribution is 0.383. The van der Waals surface area contributed by atoms with Gasteiger partial charge >= 0.3 is 0 Å². The molecule has 1 aliphatic heterocycles. The van der Waals surface area contributed by atoms with E-state index in [-0.39, 0.29) is 12.1 Å². The lowest BCUT2D eigenvalue weighted by atomic mass is 10.0. The molecular weight excluding hydrogens is 446 g/mol. The van der Waals surface area contributed by atoms with Gasteiger partial charge in [0.1, 0.15) is 11.8 Å². The van der Waals surface area contributed by atoms with Gasteiger partial charge in [-0.2, -0.15) is 0 Å². The zero-order valence-corrected chi connectivity index (χ0v) is 18.7. The Balaban J connectivity index is 1.51. The van der Waals surface area contributed by atoms with Gasteiger partial charge in [0.05, 0.1) is 11.7 Å². The third-order valence-corrected chi connectivity index (χ3v) is 6.55. The van der Waals surface area contributed by atoms with E-state index in [0.29, 0.717) is 10.1 Å². The number of hydrogen-bond donors (Lipinski definition) is 1. The van der Waals surface area contributed by atoms with E-state index in [0.717, 1.165) is 27.1 Å². The van der Waals surface area contributed by atoms with Crippen LogP contribution >= 0.6 is 35.6 Å². The molecule has 3 heterocycles. The van der Waals surface area contributed by atoms with E-state index in [9.17, 15) is 0 Å². The van der Waals surface area contributed by atoms with Crippen molar-refractivity contribution in [2.24, 2.45) is 0 Å². The van der Waals surface area contributed by atoms with Crippen LogP contribution in [0.2, 0.25) is 5.02 Å². The van der Waals surface area contributed by atoms with Crippen LogP contribution in [0.15, 0.2) is 106 Å². The topological polar surface area (TPSA) is 41.3 Å². The second-order valence-electron chi connectivity index (χ2n) is 7.04. The Labute approximate surface area is 195 Å². The molecule has 4 nitrogen and oxygen atoms in total. The highest BCUT2D eigenvalue weighted by atomic mass is 35.5. The van der Waals surface area contributed by atoms with E-state index < -0.39 is 0 Å².